The Morgan fingerprint density at radius 3 is 1.71 bits per heavy atom. The van der Waals surface area contributed by atoms with Crippen molar-refractivity contribution < 1.29 is 0 Å². The van der Waals surface area contributed by atoms with E-state index in [1.165, 1.54) is 0 Å². The third-order valence-corrected chi connectivity index (χ3v) is 3.35. The standard InChI is InChI=1S/C4H6S3/c1-3-5-7-6-4-2/h3-4H,1-2H2. The molecule has 0 aromatic rings. The summed E-state index contributed by atoms with van der Waals surface area (Å²) in [7, 11) is 4.86. The summed E-state index contributed by atoms with van der Waals surface area (Å²) < 4.78 is 0. The predicted octanol–water partition coefficient (Wildman–Crippen LogP) is 3.30. The maximum Gasteiger partial charge on any atom is -0.0158 e. The van der Waals surface area contributed by atoms with Crippen LogP contribution in [0.1, 0.15) is 0 Å². The minimum atomic E-state index is 1.60. The Bertz CT molecular complexity index is 52.0. The molecule has 0 nitrogen and oxygen atoms in total. The van der Waals surface area contributed by atoms with Gasteiger partial charge < -0.3 is 0 Å². The zero-order chi connectivity index (χ0) is 5.54. The van der Waals surface area contributed by atoms with Crippen LogP contribution in [0, 0.1) is 0 Å². The van der Waals surface area contributed by atoms with Gasteiger partial charge in [0, 0.05) is 0 Å². The Labute approximate surface area is 55.6 Å². The average molecular weight is 150 g/mol. The van der Waals surface area contributed by atoms with E-state index >= 15 is 0 Å². The molecule has 0 spiro atoms. The fourth-order valence-corrected chi connectivity index (χ4v) is 2.11. The van der Waals surface area contributed by atoms with Crippen LogP contribution in [0.4, 0.5) is 0 Å². The van der Waals surface area contributed by atoms with Gasteiger partial charge in [0.1, 0.15) is 0 Å². The van der Waals surface area contributed by atoms with E-state index in [4.69, 9.17) is 0 Å². The van der Waals surface area contributed by atoms with Crippen LogP contribution < -0.4 is 0 Å². The van der Waals surface area contributed by atoms with Crippen LogP contribution in [0.3, 0.4) is 0 Å². The van der Waals surface area contributed by atoms with Crippen LogP contribution in [0.2, 0.25) is 0 Å². The van der Waals surface area contributed by atoms with Crippen LogP contribution in [0.5, 0.6) is 0 Å². The second-order valence-corrected chi connectivity index (χ2v) is 4.57. The molecule has 0 aromatic carbocycles. The van der Waals surface area contributed by atoms with Crippen molar-refractivity contribution in [2.75, 3.05) is 0 Å². The third-order valence-electron chi connectivity index (χ3n) is 0.215. The van der Waals surface area contributed by atoms with Crippen LogP contribution in [0.15, 0.2) is 24.0 Å². The van der Waals surface area contributed by atoms with Crippen molar-refractivity contribution in [1.82, 2.24) is 0 Å². The Morgan fingerprint density at radius 2 is 1.43 bits per heavy atom. The summed E-state index contributed by atoms with van der Waals surface area (Å²) in [4.78, 5) is 0. The first-order chi connectivity index (χ1) is 3.41. The predicted molar refractivity (Wildman–Crippen MR) is 43.2 cm³/mol. The molecule has 0 rings (SSSR count). The van der Waals surface area contributed by atoms with Crippen molar-refractivity contribution in [3.05, 3.63) is 24.0 Å². The molecule has 3 heteroatoms. The van der Waals surface area contributed by atoms with Crippen molar-refractivity contribution in [2.45, 2.75) is 0 Å². The van der Waals surface area contributed by atoms with Crippen molar-refractivity contribution in [2.24, 2.45) is 0 Å². The van der Waals surface area contributed by atoms with E-state index in [1.54, 1.807) is 42.2 Å². The second-order valence-electron chi connectivity index (χ2n) is 0.594. The Hall–Kier alpha value is 0.530. The van der Waals surface area contributed by atoms with Gasteiger partial charge >= 0.3 is 0 Å². The molecule has 0 saturated carbocycles. The van der Waals surface area contributed by atoms with E-state index in [0.29, 0.717) is 0 Å². The quantitative estimate of drug-likeness (QED) is 0.446. The number of hydrogen-bond donors (Lipinski definition) is 0. The highest BCUT2D eigenvalue weighted by Gasteiger charge is 1.75. The van der Waals surface area contributed by atoms with Gasteiger partial charge in [0.05, 0.1) is 0 Å². The zero-order valence-electron chi connectivity index (χ0n) is 3.79. The van der Waals surface area contributed by atoms with Gasteiger partial charge in [-0.25, -0.2) is 0 Å². The van der Waals surface area contributed by atoms with E-state index in [0.717, 1.165) is 0 Å². The maximum atomic E-state index is 3.53. The Kier molecular flexibility index (Phi) is 7.02. The first-order valence-electron chi connectivity index (χ1n) is 1.62. The maximum absolute atomic E-state index is 3.53. The minimum absolute atomic E-state index is 1.60. The molecule has 40 valence electrons. The normalized spacial score (nSPS) is 8.00. The van der Waals surface area contributed by atoms with Crippen LogP contribution >= 0.6 is 31.4 Å². The Balaban J connectivity index is 2.68. The topological polar surface area (TPSA) is 0 Å². The lowest BCUT2D eigenvalue weighted by Crippen LogP contribution is -1.29. The van der Waals surface area contributed by atoms with Crippen molar-refractivity contribution in [3.63, 3.8) is 0 Å². The lowest BCUT2D eigenvalue weighted by molar-refractivity contribution is 2.69. The molecule has 0 saturated heterocycles. The highest BCUT2D eigenvalue weighted by atomic mass is 33.5. The first-order valence-corrected chi connectivity index (χ1v) is 5.23. The van der Waals surface area contributed by atoms with Gasteiger partial charge in [-0.3, -0.25) is 0 Å². The molecule has 7 heavy (non-hydrogen) atoms. The number of hydrogen-bond acceptors (Lipinski definition) is 3. The molecular weight excluding hydrogens is 144 g/mol. The summed E-state index contributed by atoms with van der Waals surface area (Å²) in [5.74, 6) is 0. The second kappa shape index (κ2) is 6.53. The molecule has 0 heterocycles. The van der Waals surface area contributed by atoms with Gasteiger partial charge in [0.25, 0.3) is 0 Å². The van der Waals surface area contributed by atoms with Crippen molar-refractivity contribution in [1.29, 1.82) is 0 Å². The van der Waals surface area contributed by atoms with E-state index in [2.05, 4.69) is 13.2 Å². The van der Waals surface area contributed by atoms with E-state index in [-0.39, 0.29) is 0 Å². The molecule has 0 aliphatic carbocycles. The summed E-state index contributed by atoms with van der Waals surface area (Å²) in [5, 5.41) is 3.59. The molecule has 0 fully saturated rings. The lowest BCUT2D eigenvalue weighted by Gasteiger charge is -1.82. The third kappa shape index (κ3) is 6.53. The summed E-state index contributed by atoms with van der Waals surface area (Å²) in [6, 6.07) is 0. The van der Waals surface area contributed by atoms with Gasteiger partial charge in [-0.15, -0.1) is 0 Å². The zero-order valence-corrected chi connectivity index (χ0v) is 6.24. The van der Waals surface area contributed by atoms with Gasteiger partial charge in [-0.05, 0) is 20.6 Å². The molecule has 0 aromatic heterocycles. The average Bonchev–Trinajstić information content (AvgIpc) is 1.69. The van der Waals surface area contributed by atoms with Gasteiger partial charge in [0.15, 0.2) is 0 Å². The lowest BCUT2D eigenvalue weighted by atomic mass is 11.3. The van der Waals surface area contributed by atoms with Crippen molar-refractivity contribution in [3.8, 4) is 0 Å². The summed E-state index contributed by atoms with van der Waals surface area (Å²) in [5.41, 5.74) is 0. The summed E-state index contributed by atoms with van der Waals surface area (Å²) in [6.45, 7) is 7.05. The summed E-state index contributed by atoms with van der Waals surface area (Å²) in [6.07, 6.45) is 0. The molecule has 0 bridgehead atoms. The first kappa shape index (κ1) is 7.53. The van der Waals surface area contributed by atoms with Crippen LogP contribution in [0.25, 0.3) is 0 Å². The van der Waals surface area contributed by atoms with E-state index in [9.17, 15) is 0 Å². The van der Waals surface area contributed by atoms with Crippen molar-refractivity contribution >= 4 is 31.4 Å². The van der Waals surface area contributed by atoms with Gasteiger partial charge in [0.2, 0.25) is 0 Å². The van der Waals surface area contributed by atoms with E-state index in [1.807, 2.05) is 0 Å². The smallest absolute Gasteiger partial charge is 0.0158 e. The molecule has 0 radical (unpaired) electrons. The monoisotopic (exact) mass is 150 g/mol. The fourth-order valence-electron chi connectivity index (χ4n) is 0.0782. The molecule has 0 N–H and O–H groups in total. The minimum Gasteiger partial charge on any atom is -0.0918 e. The van der Waals surface area contributed by atoms with Gasteiger partial charge in [-0.2, -0.15) is 0 Å². The molecule has 0 amide bonds. The molecule has 0 aliphatic heterocycles. The molecule has 0 unspecified atom stereocenters. The Morgan fingerprint density at radius 1 is 1.00 bits per heavy atom. The van der Waals surface area contributed by atoms with Gasteiger partial charge in [-0.1, -0.05) is 34.7 Å². The highest BCUT2D eigenvalue weighted by Crippen LogP contribution is 2.34. The van der Waals surface area contributed by atoms with E-state index < -0.39 is 0 Å². The number of rotatable bonds is 4. The summed E-state index contributed by atoms with van der Waals surface area (Å²) >= 11 is 0. The largest absolute Gasteiger partial charge is 0.0918 e. The van der Waals surface area contributed by atoms with Crippen LogP contribution in [-0.2, 0) is 0 Å². The van der Waals surface area contributed by atoms with Crippen LogP contribution in [-0.4, -0.2) is 0 Å². The SMILES string of the molecule is C=CSSSC=C. The molecule has 0 atom stereocenters. The fraction of sp³-hybridized carbons (Fsp3) is 0. The molecular formula is C4H6S3. The molecule has 0 aliphatic rings. The highest BCUT2D eigenvalue weighted by molar-refractivity contribution is 9.10.